The Morgan fingerprint density at radius 1 is 1.19 bits per heavy atom. The van der Waals surface area contributed by atoms with E-state index in [2.05, 4.69) is 38.1 Å². The third-order valence-corrected chi connectivity index (χ3v) is 4.15. The van der Waals surface area contributed by atoms with Gasteiger partial charge in [0.1, 0.15) is 18.6 Å². The highest BCUT2D eigenvalue weighted by molar-refractivity contribution is 5.69. The van der Waals surface area contributed by atoms with E-state index in [9.17, 15) is 9.59 Å². The molecule has 1 heterocycles. The van der Waals surface area contributed by atoms with Crippen LogP contribution in [-0.4, -0.2) is 12.6 Å². The second-order valence-corrected chi connectivity index (χ2v) is 7.11. The molecule has 0 N–H and O–H groups in total. The fourth-order valence-electron chi connectivity index (χ4n) is 2.44. The third-order valence-electron chi connectivity index (χ3n) is 4.15. The molecular weight excluding hydrogens is 344 g/mol. The quantitative estimate of drug-likeness (QED) is 0.577. The van der Waals surface area contributed by atoms with Crippen LogP contribution in [0.5, 0.6) is 5.75 Å². The summed E-state index contributed by atoms with van der Waals surface area (Å²) in [5, 5.41) is 0. The molecule has 0 aliphatic rings. The largest absolute Gasteiger partial charge is 0.487 e. The van der Waals surface area contributed by atoms with Crippen molar-refractivity contribution < 1.29 is 18.7 Å². The molecule has 0 spiro atoms. The average molecular weight is 372 g/mol. The second-order valence-electron chi connectivity index (χ2n) is 7.11. The van der Waals surface area contributed by atoms with Crippen LogP contribution in [0.3, 0.4) is 0 Å². The summed E-state index contributed by atoms with van der Waals surface area (Å²) in [6, 6.07) is 9.57. The summed E-state index contributed by atoms with van der Waals surface area (Å²) in [4.78, 5) is 23.8. The van der Waals surface area contributed by atoms with Crippen molar-refractivity contribution in [3.05, 3.63) is 63.7 Å². The molecule has 146 valence electrons. The van der Waals surface area contributed by atoms with Crippen molar-refractivity contribution in [1.82, 2.24) is 0 Å². The molecular formula is C22H28O5. The first kappa shape index (κ1) is 20.7. The van der Waals surface area contributed by atoms with Crippen LogP contribution >= 0.6 is 0 Å². The Bertz CT molecular complexity index is 774. The SMILES string of the molecule is Cc1ccc(CCCC(=O)OCc2cc(=O)c(OCCC(C)C)co2)cc1. The Morgan fingerprint density at radius 2 is 1.93 bits per heavy atom. The molecule has 2 aromatic rings. The molecule has 0 radical (unpaired) electrons. The first-order chi connectivity index (χ1) is 12.9. The van der Waals surface area contributed by atoms with Gasteiger partial charge in [0, 0.05) is 12.5 Å². The van der Waals surface area contributed by atoms with E-state index >= 15 is 0 Å². The van der Waals surface area contributed by atoms with Crippen LogP contribution in [0, 0.1) is 12.8 Å². The van der Waals surface area contributed by atoms with Gasteiger partial charge in [0.15, 0.2) is 0 Å². The van der Waals surface area contributed by atoms with Crippen LogP contribution in [-0.2, 0) is 22.6 Å². The monoisotopic (exact) mass is 372 g/mol. The summed E-state index contributed by atoms with van der Waals surface area (Å²) in [5.74, 6) is 0.690. The molecule has 1 aromatic carbocycles. The molecule has 0 aliphatic carbocycles. The normalized spacial score (nSPS) is 10.8. The van der Waals surface area contributed by atoms with E-state index in [1.807, 2.05) is 6.92 Å². The molecule has 27 heavy (non-hydrogen) atoms. The number of carbonyl (C=O) groups is 1. The van der Waals surface area contributed by atoms with Crippen LogP contribution in [0.2, 0.25) is 0 Å². The van der Waals surface area contributed by atoms with Crippen LogP contribution in [0.1, 0.15) is 50.0 Å². The second kappa shape index (κ2) is 10.6. The summed E-state index contributed by atoms with van der Waals surface area (Å²) in [6.07, 6.45) is 4.01. The van der Waals surface area contributed by atoms with Gasteiger partial charge in [-0.1, -0.05) is 43.7 Å². The summed E-state index contributed by atoms with van der Waals surface area (Å²) in [6.45, 7) is 6.64. The zero-order valence-corrected chi connectivity index (χ0v) is 16.3. The maximum atomic E-state index is 12.0. The van der Waals surface area contributed by atoms with E-state index in [1.54, 1.807) is 0 Å². The average Bonchev–Trinajstić information content (AvgIpc) is 2.63. The first-order valence-electron chi connectivity index (χ1n) is 9.39. The van der Waals surface area contributed by atoms with Gasteiger partial charge in [-0.15, -0.1) is 0 Å². The van der Waals surface area contributed by atoms with Crippen LogP contribution < -0.4 is 10.2 Å². The number of rotatable bonds is 10. The number of carbonyl (C=O) groups excluding carboxylic acids is 1. The molecule has 0 aliphatic heterocycles. The standard InChI is InChI=1S/C22H28O5/c1-16(2)11-12-25-21-15-26-19(13-20(21)23)14-27-22(24)6-4-5-18-9-7-17(3)8-10-18/h7-10,13,15-16H,4-6,11-12,14H2,1-3H3. The van der Waals surface area contributed by atoms with Gasteiger partial charge in [-0.3, -0.25) is 9.59 Å². The van der Waals surface area contributed by atoms with Crippen molar-refractivity contribution in [2.45, 2.75) is 53.1 Å². The molecule has 0 unspecified atom stereocenters. The highest BCUT2D eigenvalue weighted by Crippen LogP contribution is 2.11. The fraction of sp³-hybridized carbons (Fsp3) is 0.455. The number of aryl methyl sites for hydroxylation is 2. The minimum Gasteiger partial charge on any atom is -0.487 e. The minimum atomic E-state index is -0.304. The lowest BCUT2D eigenvalue weighted by atomic mass is 10.1. The van der Waals surface area contributed by atoms with Gasteiger partial charge in [-0.25, -0.2) is 0 Å². The molecule has 0 atom stereocenters. The number of esters is 1. The van der Waals surface area contributed by atoms with Gasteiger partial charge in [0.05, 0.1) is 6.61 Å². The number of benzene rings is 1. The van der Waals surface area contributed by atoms with Crippen LogP contribution in [0.4, 0.5) is 0 Å². The van der Waals surface area contributed by atoms with E-state index < -0.39 is 0 Å². The molecule has 0 saturated carbocycles. The van der Waals surface area contributed by atoms with Gasteiger partial charge in [0.2, 0.25) is 11.2 Å². The Hall–Kier alpha value is -2.56. The van der Waals surface area contributed by atoms with Gasteiger partial charge >= 0.3 is 5.97 Å². The smallest absolute Gasteiger partial charge is 0.306 e. The van der Waals surface area contributed by atoms with Crippen LogP contribution in [0.25, 0.3) is 0 Å². The molecule has 5 nitrogen and oxygen atoms in total. The van der Waals surface area contributed by atoms with Gasteiger partial charge in [0.25, 0.3) is 0 Å². The summed E-state index contributed by atoms with van der Waals surface area (Å²) >= 11 is 0. The van der Waals surface area contributed by atoms with E-state index in [0.717, 1.165) is 12.8 Å². The number of hydrogen-bond acceptors (Lipinski definition) is 5. The number of ether oxygens (including phenoxy) is 2. The molecule has 2 rings (SSSR count). The third kappa shape index (κ3) is 7.69. The zero-order chi connectivity index (χ0) is 19.6. The Morgan fingerprint density at radius 3 is 2.59 bits per heavy atom. The summed E-state index contributed by atoms with van der Waals surface area (Å²) in [7, 11) is 0. The molecule has 0 bridgehead atoms. The van der Waals surface area contributed by atoms with E-state index in [1.165, 1.54) is 23.5 Å². The summed E-state index contributed by atoms with van der Waals surface area (Å²) < 4.78 is 15.9. The van der Waals surface area contributed by atoms with E-state index in [0.29, 0.717) is 31.1 Å². The van der Waals surface area contributed by atoms with Gasteiger partial charge in [-0.05, 0) is 37.7 Å². The molecule has 0 amide bonds. The summed E-state index contributed by atoms with van der Waals surface area (Å²) in [5.41, 5.74) is 2.15. The minimum absolute atomic E-state index is 0.0507. The van der Waals surface area contributed by atoms with E-state index in [4.69, 9.17) is 13.9 Å². The molecule has 0 saturated heterocycles. The van der Waals surface area contributed by atoms with E-state index in [-0.39, 0.29) is 23.8 Å². The zero-order valence-electron chi connectivity index (χ0n) is 16.3. The lowest BCUT2D eigenvalue weighted by Crippen LogP contribution is -2.11. The maximum absolute atomic E-state index is 12.0. The highest BCUT2D eigenvalue weighted by atomic mass is 16.5. The molecule has 0 fully saturated rings. The van der Waals surface area contributed by atoms with Crippen molar-refractivity contribution in [3.63, 3.8) is 0 Å². The maximum Gasteiger partial charge on any atom is 0.306 e. The highest BCUT2D eigenvalue weighted by Gasteiger charge is 2.09. The lowest BCUT2D eigenvalue weighted by molar-refractivity contribution is -0.145. The van der Waals surface area contributed by atoms with Crippen molar-refractivity contribution in [1.29, 1.82) is 0 Å². The van der Waals surface area contributed by atoms with Crippen LogP contribution in [0.15, 0.2) is 45.8 Å². The Labute approximate surface area is 160 Å². The lowest BCUT2D eigenvalue weighted by Gasteiger charge is -2.08. The van der Waals surface area contributed by atoms with Crippen molar-refractivity contribution >= 4 is 5.97 Å². The first-order valence-corrected chi connectivity index (χ1v) is 9.39. The predicted molar refractivity (Wildman–Crippen MR) is 104 cm³/mol. The number of hydrogen-bond donors (Lipinski definition) is 0. The fourth-order valence-corrected chi connectivity index (χ4v) is 2.44. The van der Waals surface area contributed by atoms with Gasteiger partial charge in [-0.2, -0.15) is 0 Å². The van der Waals surface area contributed by atoms with Crippen molar-refractivity contribution in [2.24, 2.45) is 5.92 Å². The molecule has 5 heteroatoms. The van der Waals surface area contributed by atoms with Crippen molar-refractivity contribution in [2.75, 3.05) is 6.61 Å². The Balaban J connectivity index is 1.72. The van der Waals surface area contributed by atoms with Gasteiger partial charge < -0.3 is 13.9 Å². The topological polar surface area (TPSA) is 65.7 Å². The molecule has 1 aromatic heterocycles. The van der Waals surface area contributed by atoms with Crippen molar-refractivity contribution in [3.8, 4) is 5.75 Å². The predicted octanol–water partition coefficient (Wildman–Crippen LogP) is 4.44. The Kier molecular flexibility index (Phi) is 8.11.